The van der Waals surface area contributed by atoms with E-state index in [4.69, 9.17) is 30.6 Å². The van der Waals surface area contributed by atoms with Crippen molar-refractivity contribution in [3.8, 4) is 0 Å². The Kier molecular flexibility index (Phi) is 9.71. The molecular weight excluding hydrogens is 224 g/mol. The van der Waals surface area contributed by atoms with Crippen molar-refractivity contribution in [1.29, 1.82) is 0 Å². The monoisotopic (exact) mass is 240 g/mol. The molecule has 8 heteroatoms. The van der Waals surface area contributed by atoms with E-state index in [2.05, 4.69) is 0 Å². The normalized spacial score (nSPS) is 15.3. The van der Waals surface area contributed by atoms with Crippen molar-refractivity contribution in [1.82, 2.24) is 0 Å². The molecule has 0 amide bonds. The largest absolute Gasteiger partial charge is 0.479 e. The molecule has 3 unspecified atom stereocenters. The third kappa shape index (κ3) is 8.12. The van der Waals surface area contributed by atoms with Crippen LogP contribution in [-0.2, 0) is 9.59 Å². The number of aliphatic carboxylic acids is 2. The van der Waals surface area contributed by atoms with Gasteiger partial charge in [-0.25, -0.2) is 9.59 Å². The molecule has 8 nitrogen and oxygen atoms in total. The lowest BCUT2D eigenvalue weighted by Crippen LogP contribution is -2.39. The number of aliphatic hydroxyl groups is 4. The molecule has 3 atom stereocenters. The zero-order chi connectivity index (χ0) is 13.3. The lowest BCUT2D eigenvalue weighted by atomic mass is 10.2. The van der Waals surface area contributed by atoms with Crippen LogP contribution in [0.1, 0.15) is 13.3 Å². The summed E-state index contributed by atoms with van der Waals surface area (Å²) in [4.78, 5) is 19.5. The predicted molar refractivity (Wildman–Crippen MR) is 50.7 cm³/mol. The summed E-state index contributed by atoms with van der Waals surface area (Å²) in [6.07, 6.45) is -4.41. The zero-order valence-corrected chi connectivity index (χ0v) is 8.65. The molecule has 0 aliphatic rings. The van der Waals surface area contributed by atoms with Gasteiger partial charge >= 0.3 is 11.9 Å². The third-order valence-electron chi connectivity index (χ3n) is 1.49. The molecule has 0 saturated carbocycles. The van der Waals surface area contributed by atoms with Crippen molar-refractivity contribution in [2.45, 2.75) is 31.7 Å². The third-order valence-corrected chi connectivity index (χ3v) is 1.49. The smallest absolute Gasteiger partial charge is 0.335 e. The second-order valence-electron chi connectivity index (χ2n) is 2.81. The van der Waals surface area contributed by atoms with Crippen LogP contribution < -0.4 is 0 Å². The van der Waals surface area contributed by atoms with E-state index in [1.54, 1.807) is 0 Å². The fraction of sp³-hybridized carbons (Fsp3) is 0.750. The van der Waals surface area contributed by atoms with Crippen molar-refractivity contribution < 1.29 is 40.2 Å². The van der Waals surface area contributed by atoms with Gasteiger partial charge in [-0.1, -0.05) is 6.92 Å². The molecule has 0 aromatic heterocycles. The van der Waals surface area contributed by atoms with E-state index < -0.39 is 30.3 Å². The number of aliphatic hydroxyl groups excluding tert-OH is 4. The van der Waals surface area contributed by atoms with Gasteiger partial charge in [-0.3, -0.25) is 0 Å². The minimum Gasteiger partial charge on any atom is -0.479 e. The molecule has 16 heavy (non-hydrogen) atoms. The first kappa shape index (κ1) is 17.2. The summed E-state index contributed by atoms with van der Waals surface area (Å²) >= 11 is 0. The average molecular weight is 240 g/mol. The van der Waals surface area contributed by atoms with Crippen LogP contribution in [0.5, 0.6) is 0 Å². The summed E-state index contributed by atoms with van der Waals surface area (Å²) < 4.78 is 0. The Labute approximate surface area is 91.4 Å². The maximum absolute atomic E-state index is 9.77. The fourth-order valence-electron chi connectivity index (χ4n) is 0.399. The molecule has 0 bridgehead atoms. The van der Waals surface area contributed by atoms with Gasteiger partial charge in [0.15, 0.2) is 12.2 Å². The molecule has 0 aromatic carbocycles. The van der Waals surface area contributed by atoms with Gasteiger partial charge in [0.05, 0.1) is 12.7 Å². The van der Waals surface area contributed by atoms with Crippen LogP contribution in [0.15, 0.2) is 0 Å². The Bertz CT molecular complexity index is 194. The molecule has 0 rings (SSSR count). The Morgan fingerprint density at radius 3 is 1.38 bits per heavy atom. The summed E-state index contributed by atoms with van der Waals surface area (Å²) in [5.74, 6) is -3.54. The van der Waals surface area contributed by atoms with Gasteiger partial charge in [0, 0.05) is 0 Å². The molecule has 0 aromatic rings. The SMILES string of the molecule is CCC(O)CO.O=C(O)C(O)C(O)C(=O)O. The molecule has 6 N–H and O–H groups in total. The van der Waals surface area contributed by atoms with Gasteiger partial charge in [0.1, 0.15) is 0 Å². The van der Waals surface area contributed by atoms with E-state index in [0.29, 0.717) is 6.42 Å². The quantitative estimate of drug-likeness (QED) is 0.311. The highest BCUT2D eigenvalue weighted by atomic mass is 16.4. The summed E-state index contributed by atoms with van der Waals surface area (Å²) in [6.45, 7) is 1.71. The number of rotatable bonds is 5. The van der Waals surface area contributed by atoms with E-state index in [1.165, 1.54) is 0 Å². The molecule has 96 valence electrons. The number of carboxylic acid groups (broad SMARTS) is 2. The first-order chi connectivity index (χ1) is 7.27. The Morgan fingerprint density at radius 1 is 1.00 bits per heavy atom. The van der Waals surface area contributed by atoms with Crippen molar-refractivity contribution in [3.05, 3.63) is 0 Å². The minimum absolute atomic E-state index is 0.115. The summed E-state index contributed by atoms with van der Waals surface area (Å²) in [5, 5.41) is 49.0. The standard InChI is InChI=1S/C4H6O6.C4H10O2/c5-1(3(7)8)2(6)4(9)10;1-2-4(6)3-5/h1-2,5-6H,(H,7,8)(H,9,10);4-6H,2-3H2,1H3. The molecule has 0 fully saturated rings. The van der Waals surface area contributed by atoms with Crippen LogP contribution in [0, 0.1) is 0 Å². The van der Waals surface area contributed by atoms with Crippen molar-refractivity contribution in [3.63, 3.8) is 0 Å². The molecule has 0 aliphatic carbocycles. The topological polar surface area (TPSA) is 156 Å². The van der Waals surface area contributed by atoms with Crippen LogP contribution in [0.3, 0.4) is 0 Å². The van der Waals surface area contributed by atoms with Gasteiger partial charge in [-0.2, -0.15) is 0 Å². The molecule has 0 radical (unpaired) electrons. The highest BCUT2D eigenvalue weighted by molar-refractivity contribution is 5.83. The second kappa shape index (κ2) is 9.04. The highest BCUT2D eigenvalue weighted by Gasteiger charge is 2.29. The average Bonchev–Trinajstić information content (AvgIpc) is 2.26. The van der Waals surface area contributed by atoms with Crippen LogP contribution in [-0.4, -0.2) is 67.5 Å². The minimum atomic E-state index is -2.27. The molecule has 0 saturated heterocycles. The maximum atomic E-state index is 9.77. The van der Waals surface area contributed by atoms with Gasteiger partial charge in [0.2, 0.25) is 0 Å². The maximum Gasteiger partial charge on any atom is 0.335 e. The number of carbonyl (C=O) groups is 2. The Morgan fingerprint density at radius 2 is 1.31 bits per heavy atom. The first-order valence-corrected chi connectivity index (χ1v) is 4.38. The molecule has 0 aliphatic heterocycles. The number of hydrogen-bond donors (Lipinski definition) is 6. The Balaban J connectivity index is 0. The first-order valence-electron chi connectivity index (χ1n) is 4.38. The predicted octanol–water partition coefficient (Wildman–Crippen LogP) is -2.37. The van der Waals surface area contributed by atoms with Crippen LogP contribution >= 0.6 is 0 Å². The van der Waals surface area contributed by atoms with Gasteiger partial charge in [0.25, 0.3) is 0 Å². The van der Waals surface area contributed by atoms with Gasteiger partial charge < -0.3 is 30.6 Å². The van der Waals surface area contributed by atoms with E-state index in [0.717, 1.165) is 0 Å². The van der Waals surface area contributed by atoms with Crippen molar-refractivity contribution in [2.75, 3.05) is 6.61 Å². The molecular formula is C8H16O8. The van der Waals surface area contributed by atoms with E-state index in [-0.39, 0.29) is 6.61 Å². The lowest BCUT2D eigenvalue weighted by Gasteiger charge is -2.07. The summed E-state index contributed by atoms with van der Waals surface area (Å²) in [5.41, 5.74) is 0. The van der Waals surface area contributed by atoms with E-state index >= 15 is 0 Å². The van der Waals surface area contributed by atoms with E-state index in [9.17, 15) is 9.59 Å². The van der Waals surface area contributed by atoms with Crippen molar-refractivity contribution in [2.24, 2.45) is 0 Å². The summed E-state index contributed by atoms with van der Waals surface area (Å²) in [7, 11) is 0. The Hall–Kier alpha value is -1.22. The summed E-state index contributed by atoms with van der Waals surface area (Å²) in [6, 6.07) is 0. The van der Waals surface area contributed by atoms with E-state index in [1.807, 2.05) is 6.92 Å². The van der Waals surface area contributed by atoms with Gasteiger partial charge in [-0.15, -0.1) is 0 Å². The number of hydrogen-bond acceptors (Lipinski definition) is 6. The van der Waals surface area contributed by atoms with Crippen LogP contribution in [0.2, 0.25) is 0 Å². The number of carboxylic acids is 2. The lowest BCUT2D eigenvalue weighted by molar-refractivity contribution is -0.165. The van der Waals surface area contributed by atoms with Gasteiger partial charge in [-0.05, 0) is 6.42 Å². The van der Waals surface area contributed by atoms with Crippen LogP contribution in [0.25, 0.3) is 0 Å². The second-order valence-corrected chi connectivity index (χ2v) is 2.81. The van der Waals surface area contributed by atoms with Crippen molar-refractivity contribution >= 4 is 11.9 Å². The molecule has 0 spiro atoms. The fourth-order valence-corrected chi connectivity index (χ4v) is 0.399. The zero-order valence-electron chi connectivity index (χ0n) is 8.65. The van der Waals surface area contributed by atoms with Crippen LogP contribution in [0.4, 0.5) is 0 Å². The highest BCUT2D eigenvalue weighted by Crippen LogP contribution is 1.92. The molecule has 0 heterocycles.